The lowest BCUT2D eigenvalue weighted by Gasteiger charge is -2.10. The number of amides is 1. The van der Waals surface area contributed by atoms with Gasteiger partial charge in [-0.2, -0.15) is 5.26 Å². The third-order valence-electron chi connectivity index (χ3n) is 1.18. The Hall–Kier alpha value is -0.975. The van der Waals surface area contributed by atoms with Crippen molar-refractivity contribution >= 4 is 13.7 Å². The molecule has 4 heteroatoms. The number of hydrogen-bond donors (Lipinski definition) is 1. The minimum atomic E-state index is -0.567. The molecule has 0 aromatic carbocycles. The lowest BCUT2D eigenvalue weighted by atomic mass is 10.1. The van der Waals surface area contributed by atoms with E-state index in [1.807, 2.05) is 13.0 Å². The number of nitrogens with one attached hydrogen (secondary N) is 1. The van der Waals surface area contributed by atoms with Crippen LogP contribution in [-0.4, -0.2) is 19.7 Å². The van der Waals surface area contributed by atoms with Crippen molar-refractivity contribution in [2.75, 3.05) is 0 Å². The Morgan fingerprint density at radius 2 is 2.50 bits per heavy atom. The van der Waals surface area contributed by atoms with Gasteiger partial charge in [0, 0.05) is 6.04 Å². The monoisotopic (exact) mass is 136 g/mol. The van der Waals surface area contributed by atoms with Gasteiger partial charge >= 0.3 is 0 Å². The van der Waals surface area contributed by atoms with Gasteiger partial charge < -0.3 is 5.32 Å². The third-order valence-corrected chi connectivity index (χ3v) is 1.18. The number of hydrogen-bond acceptors (Lipinski definition) is 2. The third kappa shape index (κ3) is 3.96. The Kier molecular flexibility index (Phi) is 4.39. The van der Waals surface area contributed by atoms with E-state index >= 15 is 0 Å². The molecule has 0 fully saturated rings. The highest BCUT2D eigenvalue weighted by molar-refractivity contribution is 6.57. The molecule has 0 aromatic heterocycles. The summed E-state index contributed by atoms with van der Waals surface area (Å²) in [7, 11) is 4.84. The van der Waals surface area contributed by atoms with Gasteiger partial charge in [0.25, 0.3) is 0 Å². The minimum Gasteiger partial charge on any atom is -0.362 e. The van der Waals surface area contributed by atoms with Crippen LogP contribution >= 0.6 is 0 Å². The number of nitriles is 1. The van der Waals surface area contributed by atoms with Crippen LogP contribution in [0, 0.1) is 11.3 Å². The van der Waals surface area contributed by atoms with Crippen molar-refractivity contribution in [3.63, 3.8) is 0 Å². The first kappa shape index (κ1) is 9.02. The quantitative estimate of drug-likeness (QED) is 0.576. The fourth-order valence-corrected chi connectivity index (χ4v) is 0.609. The zero-order chi connectivity index (χ0) is 7.98. The first-order valence-corrected chi connectivity index (χ1v) is 3.13. The van der Waals surface area contributed by atoms with Crippen LogP contribution in [0.2, 0.25) is 0 Å². The van der Waals surface area contributed by atoms with Crippen LogP contribution in [0.25, 0.3) is 0 Å². The fraction of sp³-hybridized carbons (Fsp3) is 0.667. The smallest absolute Gasteiger partial charge is 0.200 e. The zero-order valence-electron chi connectivity index (χ0n) is 5.92. The standard InChI is InChI=1S/C6H9BN2O/c1-2-5(3-4-8)9-6(7)10/h5H,2-3H2,1H3,(H,9,10)/t5-/m1/s1. The Balaban J connectivity index is 3.62. The van der Waals surface area contributed by atoms with Crippen molar-refractivity contribution in [2.24, 2.45) is 0 Å². The molecule has 0 aromatic rings. The summed E-state index contributed by atoms with van der Waals surface area (Å²) in [6.07, 6.45) is 1.05. The highest BCUT2D eigenvalue weighted by atomic mass is 16.1. The molecular weight excluding hydrogens is 127 g/mol. The molecule has 3 nitrogen and oxygen atoms in total. The van der Waals surface area contributed by atoms with Gasteiger partial charge in [-0.15, -0.1) is 0 Å². The van der Waals surface area contributed by atoms with Gasteiger partial charge in [0.2, 0.25) is 7.85 Å². The van der Waals surface area contributed by atoms with Gasteiger partial charge in [-0.1, -0.05) is 6.92 Å². The second-order valence-corrected chi connectivity index (χ2v) is 1.98. The molecule has 0 spiro atoms. The molecule has 1 amide bonds. The van der Waals surface area contributed by atoms with Gasteiger partial charge in [0.05, 0.1) is 12.5 Å². The van der Waals surface area contributed by atoms with E-state index in [0.717, 1.165) is 6.42 Å². The van der Waals surface area contributed by atoms with Crippen LogP contribution in [0.4, 0.5) is 4.79 Å². The Morgan fingerprint density at radius 3 is 2.80 bits per heavy atom. The predicted octanol–water partition coefficient (Wildman–Crippen LogP) is 0.557. The summed E-state index contributed by atoms with van der Waals surface area (Å²) in [4.78, 5) is 10.2. The maximum atomic E-state index is 10.2. The van der Waals surface area contributed by atoms with Crippen LogP contribution in [0.3, 0.4) is 0 Å². The van der Waals surface area contributed by atoms with E-state index in [4.69, 9.17) is 13.1 Å². The van der Waals surface area contributed by atoms with E-state index in [-0.39, 0.29) is 6.04 Å². The molecule has 0 aliphatic carbocycles. The summed E-state index contributed by atoms with van der Waals surface area (Å²) in [5, 5.41) is 10.7. The molecule has 0 saturated heterocycles. The molecule has 0 aliphatic rings. The largest absolute Gasteiger partial charge is 0.362 e. The molecule has 1 N–H and O–H groups in total. The first-order chi connectivity index (χ1) is 4.70. The molecule has 0 aliphatic heterocycles. The molecule has 0 rings (SSSR count). The van der Waals surface area contributed by atoms with E-state index in [0.29, 0.717) is 6.42 Å². The zero-order valence-corrected chi connectivity index (χ0v) is 5.92. The van der Waals surface area contributed by atoms with E-state index in [9.17, 15) is 4.79 Å². The fourth-order valence-electron chi connectivity index (χ4n) is 0.609. The highest BCUT2D eigenvalue weighted by Gasteiger charge is 2.04. The molecule has 1 atom stereocenters. The topological polar surface area (TPSA) is 52.9 Å². The van der Waals surface area contributed by atoms with Crippen molar-refractivity contribution in [2.45, 2.75) is 25.8 Å². The molecule has 52 valence electrons. The van der Waals surface area contributed by atoms with Crippen molar-refractivity contribution in [1.29, 1.82) is 5.26 Å². The van der Waals surface area contributed by atoms with E-state index in [1.165, 1.54) is 0 Å². The second-order valence-electron chi connectivity index (χ2n) is 1.98. The minimum absolute atomic E-state index is 0.0949. The number of carbonyl (C=O) groups excluding carboxylic acids is 1. The van der Waals surface area contributed by atoms with Crippen LogP contribution in [0.1, 0.15) is 19.8 Å². The first-order valence-electron chi connectivity index (χ1n) is 3.13. The van der Waals surface area contributed by atoms with Crippen LogP contribution in [-0.2, 0) is 0 Å². The second kappa shape index (κ2) is 4.86. The lowest BCUT2D eigenvalue weighted by Crippen LogP contribution is -2.32. The molecule has 0 heterocycles. The summed E-state index contributed by atoms with van der Waals surface area (Å²) >= 11 is 0. The molecule has 0 bridgehead atoms. The summed E-state index contributed by atoms with van der Waals surface area (Å²) in [6, 6.07) is 1.86. The van der Waals surface area contributed by atoms with Gasteiger partial charge in [-0.25, -0.2) is 0 Å². The maximum absolute atomic E-state index is 10.2. The average Bonchev–Trinajstić information content (AvgIpc) is 1.86. The average molecular weight is 136 g/mol. The molecule has 0 unspecified atom stereocenters. The van der Waals surface area contributed by atoms with E-state index in [1.54, 1.807) is 0 Å². The SMILES string of the molecule is [B]C(=O)N[C@H](CC)CC#N. The maximum Gasteiger partial charge on any atom is 0.200 e. The van der Waals surface area contributed by atoms with Crippen molar-refractivity contribution in [1.82, 2.24) is 5.32 Å². The predicted molar refractivity (Wildman–Crippen MR) is 38.6 cm³/mol. The van der Waals surface area contributed by atoms with Gasteiger partial charge in [0.15, 0.2) is 5.81 Å². The number of rotatable bonds is 3. The van der Waals surface area contributed by atoms with Gasteiger partial charge in [-0.05, 0) is 6.42 Å². The lowest BCUT2D eigenvalue weighted by molar-refractivity contribution is 0.256. The van der Waals surface area contributed by atoms with E-state index < -0.39 is 5.81 Å². The summed E-state index contributed by atoms with van der Waals surface area (Å²) in [5.41, 5.74) is 0. The Bertz CT molecular complexity index is 152. The van der Waals surface area contributed by atoms with Crippen molar-refractivity contribution < 1.29 is 4.79 Å². The van der Waals surface area contributed by atoms with Crippen molar-refractivity contribution in [3.8, 4) is 6.07 Å². The molecule has 2 radical (unpaired) electrons. The summed E-state index contributed by atoms with van der Waals surface area (Å²) < 4.78 is 0. The molecular formula is C6H9BN2O. The van der Waals surface area contributed by atoms with Crippen LogP contribution in [0.15, 0.2) is 0 Å². The number of nitrogens with zero attached hydrogens (tertiary/aromatic N) is 1. The van der Waals surface area contributed by atoms with Gasteiger partial charge in [-0.3, -0.25) is 4.79 Å². The van der Waals surface area contributed by atoms with Gasteiger partial charge in [0.1, 0.15) is 0 Å². The number of carbonyl (C=O) groups is 1. The highest BCUT2D eigenvalue weighted by Crippen LogP contribution is 1.94. The molecule has 0 saturated carbocycles. The molecule has 10 heavy (non-hydrogen) atoms. The van der Waals surface area contributed by atoms with Crippen molar-refractivity contribution in [3.05, 3.63) is 0 Å². The van der Waals surface area contributed by atoms with Crippen LogP contribution < -0.4 is 5.32 Å². The summed E-state index contributed by atoms with van der Waals surface area (Å²) in [5.74, 6) is -0.567. The van der Waals surface area contributed by atoms with E-state index in [2.05, 4.69) is 5.32 Å². The Labute approximate surface area is 61.8 Å². The Morgan fingerprint density at radius 1 is 1.90 bits per heavy atom. The van der Waals surface area contributed by atoms with Crippen LogP contribution in [0.5, 0.6) is 0 Å². The summed E-state index contributed by atoms with van der Waals surface area (Å²) in [6.45, 7) is 1.89. The normalized spacial score (nSPS) is 11.6.